The summed E-state index contributed by atoms with van der Waals surface area (Å²) in [5.74, 6) is 0.856. The molecule has 0 radical (unpaired) electrons. The summed E-state index contributed by atoms with van der Waals surface area (Å²) in [5, 5.41) is 10.6. The second kappa shape index (κ2) is 5.50. The molecule has 0 spiro atoms. The molecule has 0 aliphatic rings. The molecule has 2 aromatic carbocycles. The van der Waals surface area contributed by atoms with Gasteiger partial charge in [0.2, 0.25) is 0 Å². The second-order valence-corrected chi connectivity index (χ2v) is 5.04. The molecule has 0 aliphatic heterocycles. The van der Waals surface area contributed by atoms with Gasteiger partial charge in [0.1, 0.15) is 18.1 Å². The highest BCUT2D eigenvalue weighted by molar-refractivity contribution is 5.84. The van der Waals surface area contributed by atoms with E-state index in [-0.39, 0.29) is 5.75 Å². The van der Waals surface area contributed by atoms with Crippen molar-refractivity contribution < 1.29 is 9.84 Å². The SMILES string of the molecule is Cn1c(COc2cccc(O)c2)cc2cccc(CN)c21. The topological polar surface area (TPSA) is 60.4 Å². The van der Waals surface area contributed by atoms with Gasteiger partial charge in [-0.05, 0) is 23.8 Å². The summed E-state index contributed by atoms with van der Waals surface area (Å²) in [4.78, 5) is 0. The first-order valence-electron chi connectivity index (χ1n) is 6.87. The fraction of sp³-hybridized carbons (Fsp3) is 0.176. The number of aromatic hydroxyl groups is 1. The van der Waals surface area contributed by atoms with Gasteiger partial charge in [0.15, 0.2) is 0 Å². The maximum Gasteiger partial charge on any atom is 0.128 e. The highest BCUT2D eigenvalue weighted by Gasteiger charge is 2.09. The van der Waals surface area contributed by atoms with E-state index in [1.807, 2.05) is 25.2 Å². The molecule has 0 saturated heterocycles. The summed E-state index contributed by atoms with van der Waals surface area (Å²) in [6, 6.07) is 15.1. The third-order valence-electron chi connectivity index (χ3n) is 3.66. The van der Waals surface area contributed by atoms with E-state index >= 15 is 0 Å². The second-order valence-electron chi connectivity index (χ2n) is 5.04. The molecule has 0 amide bonds. The van der Waals surface area contributed by atoms with Gasteiger partial charge in [0.25, 0.3) is 0 Å². The number of hydrogen-bond acceptors (Lipinski definition) is 3. The number of benzene rings is 2. The van der Waals surface area contributed by atoms with Crippen molar-refractivity contribution in [1.29, 1.82) is 0 Å². The summed E-state index contributed by atoms with van der Waals surface area (Å²) in [6.07, 6.45) is 0. The Morgan fingerprint density at radius 2 is 1.95 bits per heavy atom. The summed E-state index contributed by atoms with van der Waals surface area (Å²) in [5.41, 5.74) is 9.14. The highest BCUT2D eigenvalue weighted by Crippen LogP contribution is 2.24. The first kappa shape index (κ1) is 13.5. The van der Waals surface area contributed by atoms with Crippen LogP contribution in [-0.2, 0) is 20.2 Å². The van der Waals surface area contributed by atoms with E-state index < -0.39 is 0 Å². The maximum atomic E-state index is 9.45. The van der Waals surface area contributed by atoms with E-state index in [0.29, 0.717) is 18.9 Å². The number of nitrogens with zero attached hydrogens (tertiary/aromatic N) is 1. The third kappa shape index (κ3) is 2.58. The number of phenolic OH excluding ortho intramolecular Hbond substituents is 1. The molecule has 0 bridgehead atoms. The Morgan fingerprint density at radius 1 is 1.14 bits per heavy atom. The number of nitrogens with two attached hydrogens (primary N) is 1. The molecule has 0 aliphatic carbocycles. The lowest BCUT2D eigenvalue weighted by Gasteiger charge is -2.09. The van der Waals surface area contributed by atoms with Crippen LogP contribution in [0.5, 0.6) is 11.5 Å². The van der Waals surface area contributed by atoms with Crippen LogP contribution < -0.4 is 10.5 Å². The largest absolute Gasteiger partial charge is 0.508 e. The Bertz CT molecular complexity index is 778. The molecule has 0 fully saturated rings. The van der Waals surface area contributed by atoms with Gasteiger partial charge in [0.05, 0.1) is 11.2 Å². The minimum absolute atomic E-state index is 0.204. The van der Waals surface area contributed by atoms with Crippen LogP contribution >= 0.6 is 0 Å². The predicted octanol–water partition coefficient (Wildman–Crippen LogP) is 2.92. The van der Waals surface area contributed by atoms with Crippen LogP contribution in [0.2, 0.25) is 0 Å². The lowest BCUT2D eigenvalue weighted by Crippen LogP contribution is -2.04. The van der Waals surface area contributed by atoms with Crippen molar-refractivity contribution >= 4 is 10.9 Å². The number of phenols is 1. The summed E-state index contributed by atoms with van der Waals surface area (Å²) < 4.78 is 7.86. The zero-order valence-electron chi connectivity index (χ0n) is 11.9. The Morgan fingerprint density at radius 3 is 2.71 bits per heavy atom. The van der Waals surface area contributed by atoms with Crippen LogP contribution in [0, 0.1) is 0 Å². The van der Waals surface area contributed by atoms with Gasteiger partial charge in [-0.25, -0.2) is 0 Å². The van der Waals surface area contributed by atoms with Gasteiger partial charge in [-0.2, -0.15) is 0 Å². The van der Waals surface area contributed by atoms with Crippen LogP contribution in [0.3, 0.4) is 0 Å². The lowest BCUT2D eigenvalue weighted by molar-refractivity contribution is 0.296. The van der Waals surface area contributed by atoms with E-state index in [4.69, 9.17) is 10.5 Å². The number of rotatable bonds is 4. The molecule has 3 aromatic rings. The fourth-order valence-electron chi connectivity index (χ4n) is 2.59. The average molecular weight is 282 g/mol. The molecule has 0 atom stereocenters. The monoisotopic (exact) mass is 282 g/mol. The van der Waals surface area contributed by atoms with Gasteiger partial charge in [-0.1, -0.05) is 24.3 Å². The molecule has 1 heterocycles. The molecule has 0 unspecified atom stereocenters. The molecule has 3 rings (SSSR count). The zero-order chi connectivity index (χ0) is 14.8. The third-order valence-corrected chi connectivity index (χ3v) is 3.66. The Hall–Kier alpha value is -2.46. The minimum Gasteiger partial charge on any atom is -0.508 e. The molecule has 0 saturated carbocycles. The maximum absolute atomic E-state index is 9.45. The number of aryl methyl sites for hydroxylation is 1. The minimum atomic E-state index is 0.204. The van der Waals surface area contributed by atoms with Crippen LogP contribution in [0.4, 0.5) is 0 Å². The number of fused-ring (bicyclic) bond motifs is 1. The van der Waals surface area contributed by atoms with Gasteiger partial charge < -0.3 is 20.1 Å². The Labute approximate surface area is 123 Å². The van der Waals surface area contributed by atoms with Gasteiger partial charge in [-0.3, -0.25) is 0 Å². The summed E-state index contributed by atoms with van der Waals surface area (Å²) in [6.45, 7) is 0.959. The van der Waals surface area contributed by atoms with Gasteiger partial charge >= 0.3 is 0 Å². The van der Waals surface area contributed by atoms with Crippen molar-refractivity contribution in [1.82, 2.24) is 4.57 Å². The van der Waals surface area contributed by atoms with Gasteiger partial charge in [-0.15, -0.1) is 0 Å². The van der Waals surface area contributed by atoms with Crippen molar-refractivity contribution in [2.45, 2.75) is 13.2 Å². The average Bonchev–Trinajstić information content (AvgIpc) is 2.82. The van der Waals surface area contributed by atoms with Crippen molar-refractivity contribution in [3.63, 3.8) is 0 Å². The van der Waals surface area contributed by atoms with Crippen molar-refractivity contribution in [3.8, 4) is 11.5 Å². The smallest absolute Gasteiger partial charge is 0.128 e. The quantitative estimate of drug-likeness (QED) is 0.773. The molecular formula is C17H18N2O2. The van der Waals surface area contributed by atoms with E-state index in [1.54, 1.807) is 18.2 Å². The van der Waals surface area contributed by atoms with Crippen LogP contribution in [0.15, 0.2) is 48.5 Å². The number of para-hydroxylation sites is 1. The van der Waals surface area contributed by atoms with Crippen LogP contribution in [0.1, 0.15) is 11.3 Å². The molecular weight excluding hydrogens is 264 g/mol. The van der Waals surface area contributed by atoms with E-state index in [0.717, 1.165) is 22.2 Å². The predicted molar refractivity (Wildman–Crippen MR) is 83.2 cm³/mol. The van der Waals surface area contributed by atoms with Crippen molar-refractivity contribution in [3.05, 3.63) is 59.8 Å². The summed E-state index contributed by atoms with van der Waals surface area (Å²) in [7, 11) is 2.02. The van der Waals surface area contributed by atoms with Crippen molar-refractivity contribution in [2.75, 3.05) is 0 Å². The molecule has 108 valence electrons. The molecule has 4 heteroatoms. The Balaban J connectivity index is 1.89. The van der Waals surface area contributed by atoms with Crippen molar-refractivity contribution in [2.24, 2.45) is 12.8 Å². The number of aromatic nitrogens is 1. The normalized spacial score (nSPS) is 11.0. The summed E-state index contributed by atoms with van der Waals surface area (Å²) >= 11 is 0. The lowest BCUT2D eigenvalue weighted by atomic mass is 10.1. The van der Waals surface area contributed by atoms with Crippen LogP contribution in [0.25, 0.3) is 10.9 Å². The first-order valence-corrected chi connectivity index (χ1v) is 6.87. The highest BCUT2D eigenvalue weighted by atomic mass is 16.5. The fourth-order valence-corrected chi connectivity index (χ4v) is 2.59. The standard InChI is InChI=1S/C17H18N2O2/c1-19-14(11-21-16-7-3-6-15(20)9-16)8-12-4-2-5-13(10-18)17(12)19/h2-9,20H,10-11,18H2,1H3. The van der Waals surface area contributed by atoms with E-state index in [9.17, 15) is 5.11 Å². The number of ether oxygens (including phenoxy) is 1. The molecule has 21 heavy (non-hydrogen) atoms. The number of hydrogen-bond donors (Lipinski definition) is 2. The molecule has 1 aromatic heterocycles. The van der Waals surface area contributed by atoms with Crippen LogP contribution in [-0.4, -0.2) is 9.67 Å². The van der Waals surface area contributed by atoms with E-state index in [1.165, 1.54) is 0 Å². The molecule has 4 nitrogen and oxygen atoms in total. The molecule has 3 N–H and O–H groups in total. The Kier molecular flexibility index (Phi) is 3.54. The first-order chi connectivity index (χ1) is 10.2. The van der Waals surface area contributed by atoms with E-state index in [2.05, 4.69) is 16.7 Å². The van der Waals surface area contributed by atoms with Gasteiger partial charge in [0, 0.05) is 25.0 Å². The zero-order valence-corrected chi connectivity index (χ0v) is 11.9.